The number of hydrogen-bond donors (Lipinski definition) is 0. The third-order valence-electron chi connectivity index (χ3n) is 5.39. The summed E-state index contributed by atoms with van der Waals surface area (Å²) in [5.74, 6) is 1.69. The number of para-hydroxylation sites is 4. The normalized spacial score (nSPS) is 12.2. The first-order chi connectivity index (χ1) is 14.8. The molecule has 0 saturated carbocycles. The van der Waals surface area contributed by atoms with Crippen molar-refractivity contribution in [1.29, 1.82) is 0 Å². The Morgan fingerprint density at radius 2 is 0.733 bits per heavy atom. The highest BCUT2D eigenvalue weighted by Crippen LogP contribution is 2.53. The zero-order chi connectivity index (χ0) is 20.5. The van der Waals surface area contributed by atoms with Crippen molar-refractivity contribution in [2.75, 3.05) is 24.0 Å². The first kappa shape index (κ1) is 18.1. The minimum Gasteiger partial charge on any atom is -0.497 e. The molecule has 4 nitrogen and oxygen atoms in total. The quantitative estimate of drug-likeness (QED) is 0.329. The molecule has 0 spiro atoms. The van der Waals surface area contributed by atoms with E-state index < -0.39 is 0 Å². The number of benzene rings is 4. The molecule has 30 heavy (non-hydrogen) atoms. The molecule has 0 bridgehead atoms. The maximum atomic E-state index is 5.35. The van der Waals surface area contributed by atoms with Crippen LogP contribution >= 0.6 is 0 Å². The SMILES string of the molecule is COc1ccc(N2c3ccccc3N(c3ccc(OC)cc3)c3ccccc32)cc1. The summed E-state index contributed by atoms with van der Waals surface area (Å²) in [7, 11) is 3.38. The van der Waals surface area contributed by atoms with Crippen molar-refractivity contribution in [2.45, 2.75) is 0 Å². The maximum Gasteiger partial charge on any atom is 0.119 e. The molecule has 0 amide bonds. The summed E-state index contributed by atoms with van der Waals surface area (Å²) < 4.78 is 10.7. The zero-order valence-electron chi connectivity index (χ0n) is 16.9. The van der Waals surface area contributed by atoms with Gasteiger partial charge in [-0.25, -0.2) is 0 Å². The smallest absolute Gasteiger partial charge is 0.119 e. The molecular weight excluding hydrogens is 372 g/mol. The molecule has 0 fully saturated rings. The van der Waals surface area contributed by atoms with Gasteiger partial charge in [0.05, 0.1) is 37.0 Å². The molecule has 1 heterocycles. The third kappa shape index (κ3) is 2.94. The molecule has 0 aromatic heterocycles. The van der Waals surface area contributed by atoms with Gasteiger partial charge in [0.25, 0.3) is 0 Å². The van der Waals surface area contributed by atoms with Gasteiger partial charge in [-0.05, 0) is 72.8 Å². The molecule has 4 aromatic carbocycles. The van der Waals surface area contributed by atoms with E-state index in [2.05, 4.69) is 82.6 Å². The number of methoxy groups -OCH3 is 2. The van der Waals surface area contributed by atoms with Crippen LogP contribution in [0, 0.1) is 0 Å². The fraction of sp³-hybridized carbons (Fsp3) is 0.0769. The standard InChI is InChI=1S/C26H22N2O2/c1-29-21-15-11-19(12-16-21)27-23-7-3-5-9-25(23)28(26-10-6-4-8-24(26)27)20-13-17-22(30-2)18-14-20/h3-18H,1-2H3. The second kappa shape index (κ2) is 7.48. The van der Waals surface area contributed by atoms with Gasteiger partial charge in [-0.3, -0.25) is 0 Å². The first-order valence-corrected chi connectivity index (χ1v) is 9.86. The molecule has 4 heteroatoms. The number of hydrogen-bond acceptors (Lipinski definition) is 4. The van der Waals surface area contributed by atoms with Crippen LogP contribution < -0.4 is 19.3 Å². The van der Waals surface area contributed by atoms with Crippen LogP contribution in [0.1, 0.15) is 0 Å². The lowest BCUT2D eigenvalue weighted by molar-refractivity contribution is 0.414. The van der Waals surface area contributed by atoms with E-state index in [1.54, 1.807) is 14.2 Å². The minimum atomic E-state index is 0.845. The second-order valence-electron chi connectivity index (χ2n) is 7.04. The molecule has 0 radical (unpaired) electrons. The average molecular weight is 394 g/mol. The summed E-state index contributed by atoms with van der Waals surface area (Å²) in [6.07, 6.45) is 0. The Morgan fingerprint density at radius 3 is 1.00 bits per heavy atom. The van der Waals surface area contributed by atoms with E-state index in [4.69, 9.17) is 9.47 Å². The van der Waals surface area contributed by atoms with Crippen molar-refractivity contribution in [3.05, 3.63) is 97.1 Å². The Balaban J connectivity index is 1.71. The molecule has 0 N–H and O–H groups in total. The van der Waals surface area contributed by atoms with E-state index in [9.17, 15) is 0 Å². The Labute approximate surface area is 176 Å². The van der Waals surface area contributed by atoms with Crippen LogP contribution in [0.2, 0.25) is 0 Å². The maximum absolute atomic E-state index is 5.35. The summed E-state index contributed by atoms with van der Waals surface area (Å²) in [5.41, 5.74) is 6.67. The number of anilines is 6. The Morgan fingerprint density at radius 1 is 0.433 bits per heavy atom. The number of rotatable bonds is 4. The number of ether oxygens (including phenoxy) is 2. The predicted octanol–water partition coefficient (Wildman–Crippen LogP) is 6.96. The molecule has 1 aliphatic heterocycles. The molecular formula is C26H22N2O2. The molecule has 148 valence electrons. The van der Waals surface area contributed by atoms with Gasteiger partial charge in [-0.15, -0.1) is 0 Å². The molecule has 0 aliphatic carbocycles. The van der Waals surface area contributed by atoms with Crippen LogP contribution in [-0.2, 0) is 0 Å². The Bertz CT molecular complexity index is 1030. The molecule has 5 rings (SSSR count). The highest BCUT2D eigenvalue weighted by molar-refractivity contribution is 6.01. The van der Waals surface area contributed by atoms with Gasteiger partial charge in [0.2, 0.25) is 0 Å². The van der Waals surface area contributed by atoms with Crippen LogP contribution in [-0.4, -0.2) is 14.2 Å². The molecule has 0 atom stereocenters. The Kier molecular flexibility index (Phi) is 4.52. The van der Waals surface area contributed by atoms with E-state index >= 15 is 0 Å². The van der Waals surface area contributed by atoms with Crippen LogP contribution in [0.5, 0.6) is 11.5 Å². The predicted molar refractivity (Wildman–Crippen MR) is 122 cm³/mol. The van der Waals surface area contributed by atoms with Crippen molar-refractivity contribution < 1.29 is 9.47 Å². The lowest BCUT2D eigenvalue weighted by atomic mass is 10.0. The van der Waals surface area contributed by atoms with Crippen molar-refractivity contribution in [2.24, 2.45) is 0 Å². The minimum absolute atomic E-state index is 0.845. The molecule has 1 aliphatic rings. The van der Waals surface area contributed by atoms with Gasteiger partial charge in [0.15, 0.2) is 0 Å². The van der Waals surface area contributed by atoms with E-state index in [1.165, 1.54) is 0 Å². The Hall–Kier alpha value is -3.92. The van der Waals surface area contributed by atoms with E-state index in [1.807, 2.05) is 24.3 Å². The highest BCUT2D eigenvalue weighted by atomic mass is 16.5. The third-order valence-corrected chi connectivity index (χ3v) is 5.39. The van der Waals surface area contributed by atoms with E-state index in [0.717, 1.165) is 45.6 Å². The van der Waals surface area contributed by atoms with Crippen molar-refractivity contribution >= 4 is 34.1 Å². The summed E-state index contributed by atoms with van der Waals surface area (Å²) in [4.78, 5) is 4.59. The number of fused-ring (bicyclic) bond motifs is 2. The fourth-order valence-corrected chi connectivity index (χ4v) is 3.96. The summed E-state index contributed by atoms with van der Waals surface area (Å²) in [5, 5.41) is 0. The van der Waals surface area contributed by atoms with Crippen molar-refractivity contribution in [3.8, 4) is 11.5 Å². The van der Waals surface area contributed by atoms with Gasteiger partial charge in [-0.1, -0.05) is 24.3 Å². The van der Waals surface area contributed by atoms with Gasteiger partial charge >= 0.3 is 0 Å². The van der Waals surface area contributed by atoms with Crippen LogP contribution in [0.4, 0.5) is 34.1 Å². The average Bonchev–Trinajstić information content (AvgIpc) is 2.82. The van der Waals surface area contributed by atoms with Gasteiger partial charge < -0.3 is 19.3 Å². The lowest BCUT2D eigenvalue weighted by Gasteiger charge is -2.40. The monoisotopic (exact) mass is 394 g/mol. The van der Waals surface area contributed by atoms with Crippen LogP contribution in [0.3, 0.4) is 0 Å². The largest absolute Gasteiger partial charge is 0.497 e. The van der Waals surface area contributed by atoms with Gasteiger partial charge in [0, 0.05) is 11.4 Å². The van der Waals surface area contributed by atoms with Crippen molar-refractivity contribution in [1.82, 2.24) is 0 Å². The highest BCUT2D eigenvalue weighted by Gasteiger charge is 2.29. The summed E-state index contributed by atoms with van der Waals surface area (Å²) in [6, 6.07) is 33.3. The topological polar surface area (TPSA) is 24.9 Å². The van der Waals surface area contributed by atoms with Crippen molar-refractivity contribution in [3.63, 3.8) is 0 Å². The van der Waals surface area contributed by atoms with Crippen LogP contribution in [0.25, 0.3) is 0 Å². The summed E-state index contributed by atoms with van der Waals surface area (Å²) in [6.45, 7) is 0. The molecule has 4 aromatic rings. The second-order valence-corrected chi connectivity index (χ2v) is 7.04. The van der Waals surface area contributed by atoms with Crippen LogP contribution in [0.15, 0.2) is 97.1 Å². The van der Waals surface area contributed by atoms with E-state index in [-0.39, 0.29) is 0 Å². The first-order valence-electron chi connectivity index (χ1n) is 9.86. The van der Waals surface area contributed by atoms with Gasteiger partial charge in [0.1, 0.15) is 11.5 Å². The number of nitrogens with zero attached hydrogens (tertiary/aromatic N) is 2. The lowest BCUT2D eigenvalue weighted by Crippen LogP contribution is -2.23. The fourth-order valence-electron chi connectivity index (χ4n) is 3.96. The summed E-state index contributed by atoms with van der Waals surface area (Å²) >= 11 is 0. The van der Waals surface area contributed by atoms with Gasteiger partial charge in [-0.2, -0.15) is 0 Å². The zero-order valence-corrected chi connectivity index (χ0v) is 16.9. The van der Waals surface area contributed by atoms with E-state index in [0.29, 0.717) is 0 Å². The molecule has 0 saturated heterocycles. The molecule has 0 unspecified atom stereocenters.